The SMILES string of the molecule is C=CCOC(C(C)O)C1c2ccccc2Oc2c1ccc(C(N)=O)c2C(N)=O. The summed E-state index contributed by atoms with van der Waals surface area (Å²) in [7, 11) is 0. The van der Waals surface area contributed by atoms with Crippen LogP contribution in [0, 0.1) is 0 Å². The van der Waals surface area contributed by atoms with Crippen molar-refractivity contribution in [2.45, 2.75) is 25.0 Å². The van der Waals surface area contributed by atoms with Crippen molar-refractivity contribution in [1.29, 1.82) is 0 Å². The number of nitrogens with two attached hydrogens (primary N) is 2. The first kappa shape index (κ1) is 19.6. The number of rotatable bonds is 7. The highest BCUT2D eigenvalue weighted by Gasteiger charge is 2.39. The lowest BCUT2D eigenvalue weighted by Crippen LogP contribution is -2.36. The van der Waals surface area contributed by atoms with Crippen LogP contribution in [0.1, 0.15) is 44.7 Å². The third-order valence-corrected chi connectivity index (χ3v) is 4.71. The molecule has 0 radical (unpaired) electrons. The first-order valence-corrected chi connectivity index (χ1v) is 8.80. The van der Waals surface area contributed by atoms with Gasteiger partial charge in [-0.2, -0.15) is 0 Å². The molecule has 3 rings (SSSR count). The number of amides is 2. The van der Waals surface area contributed by atoms with Gasteiger partial charge >= 0.3 is 0 Å². The second kappa shape index (κ2) is 7.84. The van der Waals surface area contributed by atoms with Crippen molar-refractivity contribution in [1.82, 2.24) is 0 Å². The Morgan fingerprint density at radius 2 is 1.93 bits per heavy atom. The monoisotopic (exact) mass is 382 g/mol. The van der Waals surface area contributed by atoms with Crippen molar-refractivity contribution in [3.05, 3.63) is 71.3 Å². The number of aliphatic hydroxyl groups excluding tert-OH is 1. The fraction of sp³-hybridized carbons (Fsp3) is 0.238. The molecule has 3 unspecified atom stereocenters. The van der Waals surface area contributed by atoms with E-state index in [0.29, 0.717) is 11.3 Å². The molecule has 2 amide bonds. The van der Waals surface area contributed by atoms with Crippen LogP contribution in [-0.4, -0.2) is 35.7 Å². The molecule has 1 heterocycles. The molecule has 0 aliphatic carbocycles. The van der Waals surface area contributed by atoms with Gasteiger partial charge in [0.25, 0.3) is 5.91 Å². The molecule has 0 spiro atoms. The van der Waals surface area contributed by atoms with E-state index in [2.05, 4.69) is 6.58 Å². The van der Waals surface area contributed by atoms with Gasteiger partial charge in [0.2, 0.25) is 5.91 Å². The summed E-state index contributed by atoms with van der Waals surface area (Å²) in [5.74, 6) is -1.44. The average Bonchev–Trinajstić information content (AvgIpc) is 2.65. The normalized spacial score (nSPS) is 16.9. The Bertz CT molecular complexity index is 938. The number of carbonyl (C=O) groups excluding carboxylic acids is 2. The molecule has 0 aromatic heterocycles. The molecule has 2 aromatic carbocycles. The molecule has 7 nitrogen and oxygen atoms in total. The number of primary amides is 2. The van der Waals surface area contributed by atoms with Crippen LogP contribution in [0.5, 0.6) is 11.5 Å². The van der Waals surface area contributed by atoms with Crippen LogP contribution in [0.15, 0.2) is 49.1 Å². The predicted molar refractivity (Wildman–Crippen MR) is 103 cm³/mol. The summed E-state index contributed by atoms with van der Waals surface area (Å²) in [4.78, 5) is 23.9. The molecule has 0 bridgehead atoms. The van der Waals surface area contributed by atoms with Gasteiger partial charge in [0.15, 0.2) is 0 Å². The Morgan fingerprint density at radius 1 is 1.21 bits per heavy atom. The van der Waals surface area contributed by atoms with Crippen LogP contribution < -0.4 is 16.2 Å². The van der Waals surface area contributed by atoms with Crippen LogP contribution in [0.3, 0.4) is 0 Å². The number of hydrogen-bond acceptors (Lipinski definition) is 5. The van der Waals surface area contributed by atoms with Gasteiger partial charge in [0.1, 0.15) is 11.5 Å². The molecular formula is C21H22N2O5. The Kier molecular flexibility index (Phi) is 5.48. The van der Waals surface area contributed by atoms with E-state index in [1.54, 1.807) is 31.2 Å². The Labute approximate surface area is 162 Å². The van der Waals surface area contributed by atoms with Crippen molar-refractivity contribution in [2.75, 3.05) is 6.61 Å². The maximum absolute atomic E-state index is 12.1. The molecule has 28 heavy (non-hydrogen) atoms. The molecule has 5 N–H and O–H groups in total. The molecule has 7 heteroatoms. The van der Waals surface area contributed by atoms with Crippen molar-refractivity contribution in [2.24, 2.45) is 11.5 Å². The zero-order chi connectivity index (χ0) is 20.4. The largest absolute Gasteiger partial charge is 0.456 e. The van der Waals surface area contributed by atoms with Crippen molar-refractivity contribution in [3.63, 3.8) is 0 Å². The number of fused-ring (bicyclic) bond motifs is 2. The molecule has 0 saturated heterocycles. The van der Waals surface area contributed by atoms with Gasteiger partial charge in [0, 0.05) is 17.0 Å². The zero-order valence-electron chi connectivity index (χ0n) is 15.4. The van der Waals surface area contributed by atoms with Crippen molar-refractivity contribution in [3.8, 4) is 11.5 Å². The van der Waals surface area contributed by atoms with E-state index in [-0.39, 0.29) is 23.5 Å². The number of benzene rings is 2. The minimum absolute atomic E-state index is 0.0232. The van der Waals surface area contributed by atoms with E-state index in [1.165, 1.54) is 6.07 Å². The Balaban J connectivity index is 2.27. The van der Waals surface area contributed by atoms with Gasteiger partial charge in [0.05, 0.1) is 29.9 Å². The van der Waals surface area contributed by atoms with E-state index in [9.17, 15) is 14.7 Å². The fourth-order valence-corrected chi connectivity index (χ4v) is 3.56. The minimum atomic E-state index is -0.836. The summed E-state index contributed by atoms with van der Waals surface area (Å²) in [6, 6.07) is 10.3. The highest BCUT2D eigenvalue weighted by atomic mass is 16.5. The lowest BCUT2D eigenvalue weighted by atomic mass is 9.80. The summed E-state index contributed by atoms with van der Waals surface area (Å²) >= 11 is 0. The number of ether oxygens (including phenoxy) is 2. The Morgan fingerprint density at radius 3 is 2.54 bits per heavy atom. The van der Waals surface area contributed by atoms with Crippen molar-refractivity contribution >= 4 is 11.8 Å². The van der Waals surface area contributed by atoms with E-state index >= 15 is 0 Å². The minimum Gasteiger partial charge on any atom is -0.456 e. The second-order valence-electron chi connectivity index (χ2n) is 6.58. The van der Waals surface area contributed by atoms with E-state index in [1.807, 2.05) is 12.1 Å². The van der Waals surface area contributed by atoms with E-state index < -0.39 is 29.9 Å². The number of para-hydroxylation sites is 1. The first-order valence-electron chi connectivity index (χ1n) is 8.80. The summed E-state index contributed by atoms with van der Waals surface area (Å²) in [5, 5.41) is 10.4. The van der Waals surface area contributed by atoms with Gasteiger partial charge in [-0.05, 0) is 19.1 Å². The summed E-state index contributed by atoms with van der Waals surface area (Å²) in [6.45, 7) is 5.50. The lowest BCUT2D eigenvalue weighted by Gasteiger charge is -2.35. The molecule has 1 aliphatic rings. The summed E-state index contributed by atoms with van der Waals surface area (Å²) < 4.78 is 11.8. The summed E-state index contributed by atoms with van der Waals surface area (Å²) in [6.07, 6.45) is 0.103. The highest BCUT2D eigenvalue weighted by molar-refractivity contribution is 6.08. The van der Waals surface area contributed by atoms with E-state index in [4.69, 9.17) is 20.9 Å². The molecule has 0 saturated carbocycles. The maximum Gasteiger partial charge on any atom is 0.253 e. The highest BCUT2D eigenvalue weighted by Crippen LogP contribution is 2.48. The fourth-order valence-electron chi connectivity index (χ4n) is 3.56. The second-order valence-corrected chi connectivity index (χ2v) is 6.58. The number of aliphatic hydroxyl groups is 1. The van der Waals surface area contributed by atoms with Crippen LogP contribution in [0.2, 0.25) is 0 Å². The third-order valence-electron chi connectivity index (χ3n) is 4.71. The molecule has 0 fully saturated rings. The lowest BCUT2D eigenvalue weighted by molar-refractivity contribution is -0.0277. The van der Waals surface area contributed by atoms with Crippen LogP contribution >= 0.6 is 0 Å². The predicted octanol–water partition coefficient (Wildman–Crippen LogP) is 2.07. The van der Waals surface area contributed by atoms with Crippen LogP contribution in [-0.2, 0) is 4.74 Å². The average molecular weight is 382 g/mol. The van der Waals surface area contributed by atoms with E-state index in [0.717, 1.165) is 5.56 Å². The first-order chi connectivity index (χ1) is 13.4. The molecule has 3 atom stereocenters. The smallest absolute Gasteiger partial charge is 0.253 e. The van der Waals surface area contributed by atoms with Crippen molar-refractivity contribution < 1.29 is 24.2 Å². The van der Waals surface area contributed by atoms with Crippen LogP contribution in [0.25, 0.3) is 0 Å². The van der Waals surface area contributed by atoms with Gasteiger partial charge in [-0.25, -0.2) is 0 Å². The topological polar surface area (TPSA) is 125 Å². The Hall–Kier alpha value is -3.16. The summed E-state index contributed by atoms with van der Waals surface area (Å²) in [5.41, 5.74) is 12.2. The van der Waals surface area contributed by atoms with Gasteiger partial charge in [-0.15, -0.1) is 6.58 Å². The zero-order valence-corrected chi connectivity index (χ0v) is 15.4. The number of hydrogen-bond donors (Lipinski definition) is 3. The molecular weight excluding hydrogens is 360 g/mol. The van der Waals surface area contributed by atoms with Gasteiger partial charge < -0.3 is 26.0 Å². The van der Waals surface area contributed by atoms with Gasteiger partial charge in [-0.3, -0.25) is 9.59 Å². The molecule has 1 aliphatic heterocycles. The molecule has 146 valence electrons. The maximum atomic E-state index is 12.1. The quantitative estimate of drug-likeness (QED) is 0.632. The van der Waals surface area contributed by atoms with Gasteiger partial charge in [-0.1, -0.05) is 30.3 Å². The van der Waals surface area contributed by atoms with Crippen LogP contribution in [0.4, 0.5) is 0 Å². The molecule has 2 aromatic rings. The number of carbonyl (C=O) groups is 2. The third kappa shape index (κ3) is 3.37. The standard InChI is InChI=1S/C21H22N2O5/c1-3-10-27-18(11(2)24)16-12-6-4-5-7-15(12)28-19-13(16)8-9-14(20(22)25)17(19)21(23)26/h3-9,11,16,18,24H,1,10H2,2H3,(H2,22,25)(H2,23,26).